The summed E-state index contributed by atoms with van der Waals surface area (Å²) in [5.74, 6) is -4.09. The molecule has 0 aromatic heterocycles. The van der Waals surface area contributed by atoms with Crippen molar-refractivity contribution in [3.05, 3.63) is 95.1 Å². The molecule has 3 aromatic rings. The third-order valence-corrected chi connectivity index (χ3v) is 7.94. The highest BCUT2D eigenvalue weighted by Crippen LogP contribution is 2.36. The highest BCUT2D eigenvalue weighted by Gasteiger charge is 2.39. The fourth-order valence-corrected chi connectivity index (χ4v) is 5.69. The molecule has 0 saturated heterocycles. The number of nitrogens with one attached hydrogen (secondary N) is 4. The van der Waals surface area contributed by atoms with Crippen LogP contribution in [0.4, 0.5) is 16.2 Å². The van der Waals surface area contributed by atoms with Gasteiger partial charge in [-0.2, -0.15) is 0 Å². The van der Waals surface area contributed by atoms with Crippen molar-refractivity contribution in [2.24, 2.45) is 5.41 Å². The van der Waals surface area contributed by atoms with Gasteiger partial charge in [-0.1, -0.05) is 69.3 Å². The SMILES string of the molecule is CC(=O)N1Cc2cc(NC(=O)Nc3ccccc3)ccc2C1C(=O)NC(Cc1ccccc1CC(NC(=O)CC(C)(C)C)C(=O)O)C(=O)O. The summed E-state index contributed by atoms with van der Waals surface area (Å²) in [6.07, 6.45) is -0.164. The van der Waals surface area contributed by atoms with Gasteiger partial charge < -0.3 is 36.4 Å². The molecule has 49 heavy (non-hydrogen) atoms. The van der Waals surface area contributed by atoms with Crippen LogP contribution in [0.3, 0.4) is 0 Å². The van der Waals surface area contributed by atoms with Crippen molar-refractivity contribution in [3.63, 3.8) is 0 Å². The summed E-state index contributed by atoms with van der Waals surface area (Å²) in [4.78, 5) is 77.2. The molecule has 13 heteroatoms. The fraction of sp³-hybridized carbons (Fsp3) is 0.333. The quantitative estimate of drug-likeness (QED) is 0.166. The van der Waals surface area contributed by atoms with Crippen molar-refractivity contribution in [3.8, 4) is 0 Å². The summed E-state index contributed by atoms with van der Waals surface area (Å²) in [6, 6.07) is 16.1. The summed E-state index contributed by atoms with van der Waals surface area (Å²) < 4.78 is 0. The van der Waals surface area contributed by atoms with Gasteiger partial charge in [-0.3, -0.25) is 14.4 Å². The van der Waals surface area contributed by atoms with Crippen LogP contribution in [-0.4, -0.2) is 62.9 Å². The molecule has 5 amide bonds. The van der Waals surface area contributed by atoms with E-state index in [0.29, 0.717) is 33.6 Å². The standard InChI is InChI=1S/C36H41N5O8/c1-21(42)41-20-24-16-26(38-35(49)37-25-12-6-5-7-13-25)14-15-27(24)31(41)32(44)40-29(34(47)48)18-23-11-9-8-10-22(23)17-28(33(45)46)39-30(43)19-36(2,3)4/h5-16,28-29,31H,17-20H2,1-4H3,(H,39,43)(H,40,44)(H,45,46)(H,47,48)(H2,37,38,49). The second kappa shape index (κ2) is 15.5. The van der Waals surface area contributed by atoms with Crippen molar-refractivity contribution in [2.45, 2.75) is 71.6 Å². The van der Waals surface area contributed by atoms with Gasteiger partial charge >= 0.3 is 18.0 Å². The maximum atomic E-state index is 13.7. The summed E-state index contributed by atoms with van der Waals surface area (Å²) in [5.41, 5.74) is 2.76. The predicted molar refractivity (Wildman–Crippen MR) is 182 cm³/mol. The minimum atomic E-state index is -1.42. The van der Waals surface area contributed by atoms with Crippen LogP contribution in [0, 0.1) is 5.41 Å². The summed E-state index contributed by atoms with van der Waals surface area (Å²) in [7, 11) is 0. The van der Waals surface area contributed by atoms with Gasteiger partial charge in [0.25, 0.3) is 0 Å². The molecular weight excluding hydrogens is 630 g/mol. The minimum absolute atomic E-state index is 0.0661. The largest absolute Gasteiger partial charge is 0.480 e. The van der Waals surface area contributed by atoms with Crippen molar-refractivity contribution < 1.29 is 39.0 Å². The normalized spacial score (nSPS) is 14.9. The monoisotopic (exact) mass is 671 g/mol. The van der Waals surface area contributed by atoms with Gasteiger partial charge in [0.2, 0.25) is 17.7 Å². The molecule has 0 bridgehead atoms. The first-order chi connectivity index (χ1) is 23.1. The zero-order valence-electron chi connectivity index (χ0n) is 27.8. The molecule has 0 fully saturated rings. The van der Waals surface area contributed by atoms with E-state index in [4.69, 9.17) is 0 Å². The molecule has 3 atom stereocenters. The number of para-hydroxylation sites is 1. The highest BCUT2D eigenvalue weighted by atomic mass is 16.4. The van der Waals surface area contributed by atoms with Crippen molar-refractivity contribution in [1.82, 2.24) is 15.5 Å². The van der Waals surface area contributed by atoms with E-state index in [1.807, 2.05) is 26.8 Å². The van der Waals surface area contributed by atoms with Crippen molar-refractivity contribution >= 4 is 47.1 Å². The number of carboxylic acids is 2. The smallest absolute Gasteiger partial charge is 0.326 e. The number of nitrogens with zero attached hydrogens (tertiary/aromatic N) is 1. The zero-order valence-corrected chi connectivity index (χ0v) is 27.8. The van der Waals surface area contributed by atoms with E-state index in [1.54, 1.807) is 66.7 Å². The Kier molecular flexibility index (Phi) is 11.4. The van der Waals surface area contributed by atoms with Crippen LogP contribution in [0.15, 0.2) is 72.8 Å². The second-order valence-electron chi connectivity index (χ2n) is 13.2. The van der Waals surface area contributed by atoms with E-state index in [0.717, 1.165) is 0 Å². The molecule has 6 N–H and O–H groups in total. The molecule has 1 heterocycles. The Hall–Kier alpha value is -5.72. The third kappa shape index (κ3) is 9.89. The number of carbonyl (C=O) groups is 6. The summed E-state index contributed by atoms with van der Waals surface area (Å²) in [5, 5.41) is 30.5. The lowest BCUT2D eigenvalue weighted by Crippen LogP contribution is -2.47. The Morgan fingerprint density at radius 3 is 1.88 bits per heavy atom. The van der Waals surface area contributed by atoms with Crippen LogP contribution in [0.1, 0.15) is 62.4 Å². The molecule has 1 aliphatic rings. The van der Waals surface area contributed by atoms with Crippen LogP contribution in [0.2, 0.25) is 0 Å². The maximum absolute atomic E-state index is 13.7. The lowest BCUT2D eigenvalue weighted by atomic mass is 9.91. The molecule has 0 spiro atoms. The van der Waals surface area contributed by atoms with Crippen molar-refractivity contribution in [1.29, 1.82) is 0 Å². The van der Waals surface area contributed by atoms with E-state index in [2.05, 4.69) is 21.3 Å². The number of benzene rings is 3. The van der Waals surface area contributed by atoms with Crippen LogP contribution in [0.25, 0.3) is 0 Å². The van der Waals surface area contributed by atoms with E-state index >= 15 is 0 Å². The van der Waals surface area contributed by atoms with Gasteiger partial charge in [0.05, 0.1) is 0 Å². The van der Waals surface area contributed by atoms with E-state index in [9.17, 15) is 39.0 Å². The first kappa shape index (κ1) is 36.1. The third-order valence-electron chi connectivity index (χ3n) is 7.94. The Balaban J connectivity index is 1.50. The highest BCUT2D eigenvalue weighted by molar-refractivity contribution is 6.00. The Morgan fingerprint density at radius 1 is 0.776 bits per heavy atom. The second-order valence-corrected chi connectivity index (χ2v) is 13.2. The number of hydrogen-bond acceptors (Lipinski definition) is 6. The number of anilines is 2. The van der Waals surface area contributed by atoms with Crippen LogP contribution >= 0.6 is 0 Å². The molecule has 0 aliphatic carbocycles. The van der Waals surface area contributed by atoms with E-state index < -0.39 is 53.8 Å². The van der Waals surface area contributed by atoms with E-state index in [1.165, 1.54) is 11.8 Å². The van der Waals surface area contributed by atoms with Gasteiger partial charge in [-0.05, 0) is 51.9 Å². The average molecular weight is 672 g/mol. The summed E-state index contributed by atoms with van der Waals surface area (Å²) in [6.45, 7) is 6.96. The number of fused-ring (bicyclic) bond motifs is 1. The number of rotatable bonds is 12. The molecule has 258 valence electrons. The molecule has 4 rings (SSSR count). The average Bonchev–Trinajstić information content (AvgIpc) is 3.40. The van der Waals surface area contributed by atoms with Crippen LogP contribution in [-0.2, 0) is 43.4 Å². The predicted octanol–water partition coefficient (Wildman–Crippen LogP) is 4.09. The number of aliphatic carboxylic acids is 2. The van der Waals surface area contributed by atoms with Gasteiger partial charge in [0.15, 0.2) is 0 Å². The number of hydrogen-bond donors (Lipinski definition) is 6. The Bertz CT molecular complexity index is 1740. The van der Waals surface area contributed by atoms with Crippen LogP contribution < -0.4 is 21.3 Å². The maximum Gasteiger partial charge on any atom is 0.326 e. The van der Waals surface area contributed by atoms with Gasteiger partial charge in [-0.25, -0.2) is 14.4 Å². The minimum Gasteiger partial charge on any atom is -0.480 e. The van der Waals surface area contributed by atoms with Crippen molar-refractivity contribution in [2.75, 3.05) is 10.6 Å². The topological polar surface area (TPSA) is 194 Å². The zero-order chi connectivity index (χ0) is 35.9. The van der Waals surface area contributed by atoms with E-state index in [-0.39, 0.29) is 31.2 Å². The molecule has 3 aromatic carbocycles. The molecular formula is C36H41N5O8. The van der Waals surface area contributed by atoms with Gasteiger partial charge in [0, 0.05) is 44.1 Å². The first-order valence-electron chi connectivity index (χ1n) is 15.8. The molecule has 1 aliphatic heterocycles. The first-order valence-corrected chi connectivity index (χ1v) is 15.8. The number of amides is 5. The Morgan fingerprint density at radius 2 is 1.33 bits per heavy atom. The Labute approximate surface area is 284 Å². The molecule has 13 nitrogen and oxygen atoms in total. The fourth-order valence-electron chi connectivity index (χ4n) is 5.69. The lowest BCUT2D eigenvalue weighted by molar-refractivity contribution is -0.144. The molecule has 3 unspecified atom stereocenters. The number of carbonyl (C=O) groups excluding carboxylic acids is 4. The van der Waals surface area contributed by atoms with Crippen LogP contribution in [0.5, 0.6) is 0 Å². The molecule has 0 saturated carbocycles. The number of carboxylic acid groups (broad SMARTS) is 2. The van der Waals surface area contributed by atoms with Gasteiger partial charge in [0.1, 0.15) is 18.1 Å². The number of urea groups is 1. The molecule has 0 radical (unpaired) electrons. The summed E-state index contributed by atoms with van der Waals surface area (Å²) >= 11 is 0. The van der Waals surface area contributed by atoms with Gasteiger partial charge in [-0.15, -0.1) is 0 Å². The lowest BCUT2D eigenvalue weighted by Gasteiger charge is -2.25.